The molecule has 20 heavy (non-hydrogen) atoms. The zero-order chi connectivity index (χ0) is 14.2. The number of ether oxygens (including phenoxy) is 2. The summed E-state index contributed by atoms with van der Waals surface area (Å²) in [4.78, 5) is 28.8. The average molecular weight is 282 g/mol. The van der Waals surface area contributed by atoms with E-state index in [1.54, 1.807) is 0 Å². The van der Waals surface area contributed by atoms with Gasteiger partial charge in [-0.2, -0.15) is 0 Å². The van der Waals surface area contributed by atoms with Crippen molar-refractivity contribution in [2.45, 2.75) is 37.3 Å². The average Bonchev–Trinajstić information content (AvgIpc) is 3.06. The van der Waals surface area contributed by atoms with E-state index in [4.69, 9.17) is 9.47 Å². The Bertz CT molecular complexity index is 408. The van der Waals surface area contributed by atoms with Crippen LogP contribution in [0.25, 0.3) is 0 Å². The van der Waals surface area contributed by atoms with E-state index in [1.165, 1.54) is 7.11 Å². The fourth-order valence-corrected chi connectivity index (χ4v) is 3.92. The van der Waals surface area contributed by atoms with Gasteiger partial charge in [0.25, 0.3) is 0 Å². The summed E-state index contributed by atoms with van der Waals surface area (Å²) in [6, 6.07) is -0.158. The van der Waals surface area contributed by atoms with Crippen LogP contribution in [0.4, 0.5) is 0 Å². The Morgan fingerprint density at radius 2 is 1.95 bits per heavy atom. The van der Waals surface area contributed by atoms with E-state index >= 15 is 0 Å². The quantitative estimate of drug-likeness (QED) is 0.668. The number of amides is 1. The summed E-state index contributed by atoms with van der Waals surface area (Å²) in [7, 11) is 1.44. The van der Waals surface area contributed by atoms with Gasteiger partial charge in [0, 0.05) is 19.6 Å². The molecule has 3 aliphatic rings. The van der Waals surface area contributed by atoms with Gasteiger partial charge in [-0.1, -0.05) is 0 Å². The molecule has 0 aromatic carbocycles. The predicted octanol–water partition coefficient (Wildman–Crippen LogP) is 0.0152. The molecule has 3 fully saturated rings. The number of morpholine rings is 1. The fraction of sp³-hybridized carbons (Fsp3) is 0.857. The minimum Gasteiger partial charge on any atom is -0.468 e. The van der Waals surface area contributed by atoms with Gasteiger partial charge in [-0.25, -0.2) is 0 Å². The van der Waals surface area contributed by atoms with Crippen LogP contribution in [0.3, 0.4) is 0 Å². The number of carbonyl (C=O) groups excluding carboxylic acids is 2. The van der Waals surface area contributed by atoms with Crippen LogP contribution in [0.15, 0.2) is 0 Å². The Hall–Kier alpha value is -1.14. The molecule has 1 amide bonds. The van der Waals surface area contributed by atoms with Gasteiger partial charge < -0.3 is 14.4 Å². The van der Waals surface area contributed by atoms with E-state index in [2.05, 4.69) is 4.90 Å². The zero-order valence-corrected chi connectivity index (χ0v) is 12.0. The van der Waals surface area contributed by atoms with Crippen LogP contribution in [0.5, 0.6) is 0 Å². The van der Waals surface area contributed by atoms with Crippen molar-refractivity contribution in [2.75, 3.05) is 40.0 Å². The highest BCUT2D eigenvalue weighted by Crippen LogP contribution is 2.43. The van der Waals surface area contributed by atoms with Crippen molar-refractivity contribution in [1.82, 2.24) is 9.80 Å². The van der Waals surface area contributed by atoms with Gasteiger partial charge in [-0.05, 0) is 25.7 Å². The Kier molecular flexibility index (Phi) is 3.69. The normalized spacial score (nSPS) is 34.0. The Balaban J connectivity index is 1.75. The molecule has 6 heteroatoms. The number of hydrogen-bond acceptors (Lipinski definition) is 5. The third kappa shape index (κ3) is 2.02. The second-order valence-corrected chi connectivity index (χ2v) is 5.81. The molecule has 0 bridgehead atoms. The molecule has 0 N–H and O–H groups in total. The first-order valence-electron chi connectivity index (χ1n) is 7.41. The summed E-state index contributed by atoms with van der Waals surface area (Å²) in [5.41, 5.74) is -0.540. The minimum absolute atomic E-state index is 0.154. The summed E-state index contributed by atoms with van der Waals surface area (Å²) in [6.07, 6.45) is 3.26. The standard InChI is InChI=1S/C14H22N2O4/c1-19-13(18)14-4-2-6-16(14)11(3-5-14)12(17)15-7-9-20-10-8-15/h11H,2-10H2,1H3/t11-,14-/m1/s1. The molecule has 2 atom stereocenters. The van der Waals surface area contributed by atoms with Crippen LogP contribution in [0, 0.1) is 0 Å². The smallest absolute Gasteiger partial charge is 0.326 e. The molecule has 0 saturated carbocycles. The first-order chi connectivity index (χ1) is 9.69. The molecule has 6 nitrogen and oxygen atoms in total. The van der Waals surface area contributed by atoms with Gasteiger partial charge in [-0.3, -0.25) is 14.5 Å². The van der Waals surface area contributed by atoms with Crippen LogP contribution in [0.2, 0.25) is 0 Å². The number of hydrogen-bond donors (Lipinski definition) is 0. The van der Waals surface area contributed by atoms with Gasteiger partial charge in [0.15, 0.2) is 0 Å². The van der Waals surface area contributed by atoms with Gasteiger partial charge in [0.1, 0.15) is 5.54 Å². The molecule has 0 aliphatic carbocycles. The number of methoxy groups -OCH3 is 1. The van der Waals surface area contributed by atoms with Crippen molar-refractivity contribution in [2.24, 2.45) is 0 Å². The lowest BCUT2D eigenvalue weighted by Gasteiger charge is -2.35. The van der Waals surface area contributed by atoms with Crippen LogP contribution < -0.4 is 0 Å². The van der Waals surface area contributed by atoms with Crippen molar-refractivity contribution in [3.63, 3.8) is 0 Å². The van der Waals surface area contributed by atoms with E-state index in [1.807, 2.05) is 4.90 Å². The highest BCUT2D eigenvalue weighted by Gasteiger charge is 2.57. The fourth-order valence-electron chi connectivity index (χ4n) is 3.92. The van der Waals surface area contributed by atoms with Crippen LogP contribution in [-0.4, -0.2) is 73.2 Å². The van der Waals surface area contributed by atoms with Crippen molar-refractivity contribution >= 4 is 11.9 Å². The van der Waals surface area contributed by atoms with Gasteiger partial charge >= 0.3 is 5.97 Å². The van der Waals surface area contributed by atoms with Gasteiger partial charge in [0.05, 0.1) is 26.4 Å². The number of carbonyl (C=O) groups is 2. The van der Waals surface area contributed by atoms with Crippen LogP contribution in [-0.2, 0) is 19.1 Å². The summed E-state index contributed by atoms with van der Waals surface area (Å²) in [6.45, 7) is 3.36. The number of esters is 1. The van der Waals surface area contributed by atoms with Crippen molar-refractivity contribution in [3.05, 3.63) is 0 Å². The van der Waals surface area contributed by atoms with Crippen molar-refractivity contribution in [1.29, 1.82) is 0 Å². The molecular formula is C14H22N2O4. The monoisotopic (exact) mass is 282 g/mol. The first-order valence-corrected chi connectivity index (χ1v) is 7.41. The highest BCUT2D eigenvalue weighted by atomic mass is 16.5. The van der Waals surface area contributed by atoms with E-state index < -0.39 is 5.54 Å². The van der Waals surface area contributed by atoms with E-state index in [-0.39, 0.29) is 17.9 Å². The number of fused-ring (bicyclic) bond motifs is 1. The summed E-state index contributed by atoms with van der Waals surface area (Å²) in [5.74, 6) is -0.0201. The molecule has 3 saturated heterocycles. The van der Waals surface area contributed by atoms with Gasteiger partial charge in [-0.15, -0.1) is 0 Å². The summed E-state index contributed by atoms with van der Waals surface area (Å²) < 4.78 is 10.3. The second-order valence-electron chi connectivity index (χ2n) is 5.81. The maximum absolute atomic E-state index is 12.7. The second kappa shape index (κ2) is 5.33. The van der Waals surface area contributed by atoms with E-state index in [0.29, 0.717) is 26.3 Å². The Morgan fingerprint density at radius 1 is 1.20 bits per heavy atom. The molecule has 0 aromatic rings. The third-order valence-corrected chi connectivity index (χ3v) is 4.92. The topological polar surface area (TPSA) is 59.1 Å². The van der Waals surface area contributed by atoms with Gasteiger partial charge in [0.2, 0.25) is 5.91 Å². The molecule has 3 aliphatic heterocycles. The maximum atomic E-state index is 12.7. The largest absolute Gasteiger partial charge is 0.468 e. The van der Waals surface area contributed by atoms with Crippen molar-refractivity contribution in [3.8, 4) is 0 Å². The zero-order valence-electron chi connectivity index (χ0n) is 12.0. The number of rotatable bonds is 2. The summed E-state index contributed by atoms with van der Waals surface area (Å²) >= 11 is 0. The first kappa shape index (κ1) is 13.8. The Labute approximate surface area is 119 Å². The predicted molar refractivity (Wildman–Crippen MR) is 71.1 cm³/mol. The lowest BCUT2D eigenvalue weighted by Crippen LogP contribution is -2.55. The molecule has 0 aromatic heterocycles. The van der Waals surface area contributed by atoms with Crippen molar-refractivity contribution < 1.29 is 19.1 Å². The lowest BCUT2D eigenvalue weighted by molar-refractivity contribution is -0.154. The SMILES string of the molecule is COC(=O)[C@]12CCCN1[C@@H](C(=O)N1CCOCC1)CC2. The van der Waals surface area contributed by atoms with Crippen LogP contribution in [0.1, 0.15) is 25.7 Å². The van der Waals surface area contributed by atoms with Crippen LogP contribution >= 0.6 is 0 Å². The summed E-state index contributed by atoms with van der Waals surface area (Å²) in [5, 5.41) is 0. The Morgan fingerprint density at radius 3 is 2.65 bits per heavy atom. The maximum Gasteiger partial charge on any atom is 0.326 e. The molecule has 3 rings (SSSR count). The molecule has 0 spiro atoms. The molecule has 112 valence electrons. The number of nitrogens with zero attached hydrogens (tertiary/aromatic N) is 2. The molecule has 0 radical (unpaired) electrons. The van der Waals surface area contributed by atoms with E-state index in [9.17, 15) is 9.59 Å². The van der Waals surface area contributed by atoms with E-state index in [0.717, 1.165) is 32.2 Å². The molecule has 0 unspecified atom stereocenters. The molecule has 3 heterocycles. The molecular weight excluding hydrogens is 260 g/mol. The lowest BCUT2D eigenvalue weighted by atomic mass is 9.94. The third-order valence-electron chi connectivity index (χ3n) is 4.92. The highest BCUT2D eigenvalue weighted by molar-refractivity contribution is 5.87. The minimum atomic E-state index is -0.540.